The van der Waals surface area contributed by atoms with Crippen LogP contribution in [0.15, 0.2) is 36.4 Å². The lowest BCUT2D eigenvalue weighted by molar-refractivity contribution is -0.151. The lowest BCUT2D eigenvalue weighted by Gasteiger charge is -2.20. The number of anilines is 1. The highest BCUT2D eigenvalue weighted by molar-refractivity contribution is 7.18. The van der Waals surface area contributed by atoms with E-state index in [1.54, 1.807) is 17.9 Å². The Balaban J connectivity index is 1.65. The first-order chi connectivity index (χ1) is 15.3. The number of hydrogen-bond acceptors (Lipinski definition) is 7. The fourth-order valence-corrected chi connectivity index (χ4v) is 4.42. The smallest absolute Gasteiger partial charge is 0.350 e. The van der Waals surface area contributed by atoms with Crippen LogP contribution in [0.3, 0.4) is 0 Å². The van der Waals surface area contributed by atoms with Gasteiger partial charge in [0.2, 0.25) is 5.91 Å². The summed E-state index contributed by atoms with van der Waals surface area (Å²) in [6.45, 7) is 5.44. The summed E-state index contributed by atoms with van der Waals surface area (Å²) in [5.41, 5.74) is 1.20. The quantitative estimate of drug-likeness (QED) is 0.609. The van der Waals surface area contributed by atoms with Crippen molar-refractivity contribution >= 4 is 40.8 Å². The maximum absolute atomic E-state index is 12.4. The molecule has 3 rings (SSSR count). The third kappa shape index (κ3) is 5.53. The fourth-order valence-electron chi connectivity index (χ4n) is 3.41. The second kappa shape index (κ2) is 10.4. The molecule has 1 aliphatic rings. The minimum absolute atomic E-state index is 0.00213. The molecule has 2 aromatic rings. The van der Waals surface area contributed by atoms with E-state index in [1.807, 2.05) is 44.2 Å². The third-order valence-corrected chi connectivity index (χ3v) is 6.15. The molecule has 1 unspecified atom stereocenters. The average molecular weight is 459 g/mol. The van der Waals surface area contributed by atoms with Crippen LogP contribution in [0.25, 0.3) is 10.4 Å². The van der Waals surface area contributed by atoms with Gasteiger partial charge in [0.25, 0.3) is 5.91 Å². The Morgan fingerprint density at radius 1 is 1.19 bits per heavy atom. The molecule has 0 bridgehead atoms. The number of carbonyl (C=O) groups is 4. The number of nitrogens with zero attached hydrogens (tertiary/aromatic N) is 1. The molecule has 0 aliphatic carbocycles. The molecule has 2 heterocycles. The topological polar surface area (TPSA) is 102 Å². The summed E-state index contributed by atoms with van der Waals surface area (Å²) < 4.78 is 10.2. The van der Waals surface area contributed by atoms with E-state index in [-0.39, 0.29) is 36.4 Å². The van der Waals surface area contributed by atoms with Crippen molar-refractivity contribution in [1.29, 1.82) is 0 Å². The van der Waals surface area contributed by atoms with Crippen LogP contribution in [0.2, 0.25) is 0 Å². The Hall–Kier alpha value is -3.20. The van der Waals surface area contributed by atoms with Crippen molar-refractivity contribution in [2.45, 2.75) is 33.2 Å². The van der Waals surface area contributed by atoms with Gasteiger partial charge in [-0.3, -0.25) is 14.4 Å². The standard InChI is InChI=1S/C23H26N2O6S/c1-4-30-23(29)21-17(11-18(32-21)15-8-6-5-7-9-15)24-19(26)13-31-22(28)16-10-20(27)25(12-16)14(2)3/h5-9,11,14,16H,4,10,12-13H2,1-3H3,(H,24,26). The highest BCUT2D eigenvalue weighted by Crippen LogP contribution is 2.35. The Labute approximate surface area is 190 Å². The summed E-state index contributed by atoms with van der Waals surface area (Å²) in [5.74, 6) is -2.38. The zero-order valence-corrected chi connectivity index (χ0v) is 19.1. The van der Waals surface area contributed by atoms with E-state index in [9.17, 15) is 19.2 Å². The van der Waals surface area contributed by atoms with Crippen LogP contribution in [0.5, 0.6) is 0 Å². The van der Waals surface area contributed by atoms with Crippen LogP contribution in [0.4, 0.5) is 5.69 Å². The van der Waals surface area contributed by atoms with E-state index in [0.29, 0.717) is 5.69 Å². The van der Waals surface area contributed by atoms with E-state index in [4.69, 9.17) is 9.47 Å². The molecule has 170 valence electrons. The van der Waals surface area contributed by atoms with Gasteiger partial charge in [-0.05, 0) is 32.4 Å². The van der Waals surface area contributed by atoms with E-state index < -0.39 is 30.4 Å². The molecule has 1 N–H and O–H groups in total. The molecule has 1 atom stereocenters. The Morgan fingerprint density at radius 2 is 1.91 bits per heavy atom. The molecular weight excluding hydrogens is 432 g/mol. The van der Waals surface area contributed by atoms with Gasteiger partial charge in [-0.25, -0.2) is 4.79 Å². The van der Waals surface area contributed by atoms with Crippen LogP contribution in [-0.4, -0.2) is 54.5 Å². The lowest BCUT2D eigenvalue weighted by Crippen LogP contribution is -2.33. The Morgan fingerprint density at radius 3 is 2.53 bits per heavy atom. The van der Waals surface area contributed by atoms with Crippen molar-refractivity contribution in [1.82, 2.24) is 4.90 Å². The minimum Gasteiger partial charge on any atom is -0.462 e. The van der Waals surface area contributed by atoms with Crippen LogP contribution in [-0.2, 0) is 23.9 Å². The maximum atomic E-state index is 12.4. The number of hydrogen-bond donors (Lipinski definition) is 1. The molecule has 1 aromatic heterocycles. The highest BCUT2D eigenvalue weighted by Gasteiger charge is 2.36. The first-order valence-electron chi connectivity index (χ1n) is 10.4. The third-order valence-electron chi connectivity index (χ3n) is 4.99. The first-order valence-corrected chi connectivity index (χ1v) is 11.2. The molecule has 1 saturated heterocycles. The number of nitrogens with one attached hydrogen (secondary N) is 1. The number of benzene rings is 1. The van der Waals surface area contributed by atoms with Gasteiger partial charge in [-0.1, -0.05) is 30.3 Å². The first kappa shape index (κ1) is 23.5. The number of ether oxygens (including phenoxy) is 2. The van der Waals surface area contributed by atoms with Gasteiger partial charge in [-0.15, -0.1) is 11.3 Å². The van der Waals surface area contributed by atoms with E-state index >= 15 is 0 Å². The number of amides is 2. The van der Waals surface area contributed by atoms with Gasteiger partial charge in [0.05, 0.1) is 18.2 Å². The molecule has 0 spiro atoms. The highest BCUT2D eigenvalue weighted by atomic mass is 32.1. The molecule has 9 heteroatoms. The van der Waals surface area contributed by atoms with Crippen molar-refractivity contribution in [2.75, 3.05) is 25.1 Å². The molecule has 0 saturated carbocycles. The van der Waals surface area contributed by atoms with Gasteiger partial charge < -0.3 is 19.7 Å². The molecule has 8 nitrogen and oxygen atoms in total. The van der Waals surface area contributed by atoms with Crippen LogP contribution >= 0.6 is 11.3 Å². The maximum Gasteiger partial charge on any atom is 0.350 e. The predicted molar refractivity (Wildman–Crippen MR) is 120 cm³/mol. The normalized spacial score (nSPS) is 15.7. The van der Waals surface area contributed by atoms with Gasteiger partial charge in [-0.2, -0.15) is 0 Å². The van der Waals surface area contributed by atoms with Gasteiger partial charge in [0.1, 0.15) is 4.88 Å². The predicted octanol–water partition coefficient (Wildman–Crippen LogP) is 3.33. The summed E-state index contributed by atoms with van der Waals surface area (Å²) in [5, 5.41) is 2.64. The van der Waals surface area contributed by atoms with Crippen molar-refractivity contribution in [3.8, 4) is 10.4 Å². The van der Waals surface area contributed by atoms with Gasteiger partial charge in [0, 0.05) is 23.9 Å². The Kier molecular flexibility index (Phi) is 7.63. The zero-order valence-electron chi connectivity index (χ0n) is 18.3. The summed E-state index contributed by atoms with van der Waals surface area (Å²) in [6.07, 6.45) is 0.0800. The Bertz CT molecular complexity index is 1000. The summed E-state index contributed by atoms with van der Waals surface area (Å²) in [6, 6.07) is 11.1. The van der Waals surface area contributed by atoms with Gasteiger partial charge >= 0.3 is 11.9 Å². The minimum atomic E-state index is -0.586. The molecule has 1 aliphatic heterocycles. The van der Waals surface area contributed by atoms with E-state index in [2.05, 4.69) is 5.32 Å². The van der Waals surface area contributed by atoms with Crippen molar-refractivity contribution < 1.29 is 28.7 Å². The zero-order chi connectivity index (χ0) is 23.3. The SMILES string of the molecule is CCOC(=O)c1sc(-c2ccccc2)cc1NC(=O)COC(=O)C1CC(=O)N(C(C)C)C1. The fraction of sp³-hybridized carbons (Fsp3) is 0.391. The van der Waals surface area contributed by atoms with E-state index in [1.165, 1.54) is 11.3 Å². The molecule has 0 radical (unpaired) electrons. The molecule has 1 aromatic carbocycles. The van der Waals surface area contributed by atoms with Gasteiger partial charge in [0.15, 0.2) is 6.61 Å². The van der Waals surface area contributed by atoms with Crippen LogP contribution in [0.1, 0.15) is 36.9 Å². The molecule has 1 fully saturated rings. The number of thiophene rings is 1. The summed E-state index contributed by atoms with van der Waals surface area (Å²) >= 11 is 1.21. The lowest BCUT2D eigenvalue weighted by atomic mass is 10.1. The monoisotopic (exact) mass is 458 g/mol. The largest absolute Gasteiger partial charge is 0.462 e. The molecular formula is C23H26N2O6S. The molecule has 32 heavy (non-hydrogen) atoms. The number of esters is 2. The van der Waals surface area contributed by atoms with Crippen molar-refractivity contribution in [3.63, 3.8) is 0 Å². The van der Waals surface area contributed by atoms with Crippen molar-refractivity contribution in [3.05, 3.63) is 41.3 Å². The van der Waals surface area contributed by atoms with Crippen LogP contribution < -0.4 is 5.32 Å². The number of rotatable bonds is 8. The number of carbonyl (C=O) groups excluding carboxylic acids is 4. The van der Waals surface area contributed by atoms with Crippen LogP contribution in [0, 0.1) is 5.92 Å². The second-order valence-corrected chi connectivity index (χ2v) is 8.69. The summed E-state index contributed by atoms with van der Waals surface area (Å²) in [4.78, 5) is 51.8. The average Bonchev–Trinajstić information content (AvgIpc) is 3.37. The number of likely N-dealkylation sites (tertiary alicyclic amines) is 1. The van der Waals surface area contributed by atoms with Crippen molar-refractivity contribution in [2.24, 2.45) is 5.92 Å². The molecule has 2 amide bonds. The summed E-state index contributed by atoms with van der Waals surface area (Å²) in [7, 11) is 0. The second-order valence-electron chi connectivity index (χ2n) is 7.64. The van der Waals surface area contributed by atoms with E-state index in [0.717, 1.165) is 10.4 Å².